The van der Waals surface area contributed by atoms with Gasteiger partial charge in [-0.2, -0.15) is 5.26 Å². The van der Waals surface area contributed by atoms with Crippen molar-refractivity contribution >= 4 is 17.1 Å². The van der Waals surface area contributed by atoms with Gasteiger partial charge in [-0.25, -0.2) is 0 Å². The second-order valence-electron chi connectivity index (χ2n) is 3.46. The van der Waals surface area contributed by atoms with Gasteiger partial charge in [0.2, 0.25) is 0 Å². The SMILES string of the molecule is N#Cc1ccccc1Nc1ccc([NH+]=O)cc1. The molecule has 2 aromatic carbocycles. The van der Waals surface area contributed by atoms with Crippen molar-refractivity contribution in [3.63, 3.8) is 0 Å². The Labute approximate surface area is 98.5 Å². The molecule has 2 N–H and O–H groups in total. The maximum absolute atomic E-state index is 10.4. The molecule has 0 spiro atoms. The minimum Gasteiger partial charge on any atom is -0.354 e. The fraction of sp³-hybridized carbons (Fsp3) is 0. The van der Waals surface area contributed by atoms with E-state index in [0.717, 1.165) is 11.4 Å². The van der Waals surface area contributed by atoms with Crippen LogP contribution < -0.4 is 10.5 Å². The van der Waals surface area contributed by atoms with Gasteiger partial charge >= 0.3 is 0 Å². The lowest BCUT2D eigenvalue weighted by Crippen LogP contribution is -2.55. The van der Waals surface area contributed by atoms with E-state index in [9.17, 15) is 4.91 Å². The molecule has 0 saturated heterocycles. The van der Waals surface area contributed by atoms with Gasteiger partial charge in [0.15, 0.2) is 0 Å². The lowest BCUT2D eigenvalue weighted by atomic mass is 10.2. The monoisotopic (exact) mass is 224 g/mol. The van der Waals surface area contributed by atoms with E-state index >= 15 is 0 Å². The highest BCUT2D eigenvalue weighted by atomic mass is 16.3. The number of benzene rings is 2. The first kappa shape index (κ1) is 10.8. The topological polar surface area (TPSA) is 66.9 Å². The molecule has 0 aliphatic carbocycles. The summed E-state index contributed by atoms with van der Waals surface area (Å²) in [5.74, 6) is 0. The Bertz CT molecular complexity index is 570. The van der Waals surface area contributed by atoms with Crippen LogP contribution in [0.3, 0.4) is 0 Å². The van der Waals surface area contributed by atoms with E-state index in [1.54, 1.807) is 30.3 Å². The van der Waals surface area contributed by atoms with Crippen molar-refractivity contribution in [1.29, 1.82) is 5.26 Å². The molecular weight excluding hydrogens is 214 g/mol. The van der Waals surface area contributed by atoms with Crippen molar-refractivity contribution in [2.45, 2.75) is 0 Å². The molecule has 0 atom stereocenters. The van der Waals surface area contributed by atoms with Crippen LogP contribution in [0, 0.1) is 16.2 Å². The second-order valence-corrected chi connectivity index (χ2v) is 3.46. The van der Waals surface area contributed by atoms with Gasteiger partial charge in [-0.3, -0.25) is 0 Å². The third-order valence-electron chi connectivity index (χ3n) is 2.33. The van der Waals surface area contributed by atoms with E-state index in [1.165, 1.54) is 0 Å². The zero-order valence-corrected chi connectivity index (χ0v) is 8.97. The van der Waals surface area contributed by atoms with Crippen molar-refractivity contribution < 1.29 is 5.18 Å². The lowest BCUT2D eigenvalue weighted by molar-refractivity contribution is -0.379. The number of rotatable bonds is 3. The van der Waals surface area contributed by atoms with Gasteiger partial charge in [0.25, 0.3) is 5.69 Å². The molecule has 0 aliphatic heterocycles. The van der Waals surface area contributed by atoms with E-state index in [1.807, 2.05) is 23.4 Å². The van der Waals surface area contributed by atoms with Gasteiger partial charge in [-0.15, -0.1) is 0 Å². The van der Waals surface area contributed by atoms with Gasteiger partial charge in [0, 0.05) is 27.9 Å². The molecule has 0 heterocycles. The summed E-state index contributed by atoms with van der Waals surface area (Å²) in [5.41, 5.74) is 2.66. The van der Waals surface area contributed by atoms with E-state index < -0.39 is 0 Å². The van der Waals surface area contributed by atoms with Crippen LogP contribution >= 0.6 is 0 Å². The Morgan fingerprint density at radius 3 is 2.41 bits per heavy atom. The predicted octanol–water partition coefficient (Wildman–Crippen LogP) is 1.78. The minimum atomic E-state index is 0.504. The van der Waals surface area contributed by atoms with E-state index in [-0.39, 0.29) is 0 Å². The second kappa shape index (κ2) is 4.90. The standard InChI is InChI=1S/C13H9N3O/c14-9-10-3-1-2-4-13(10)15-11-5-7-12(16-17)8-6-11/h1-8,15H/p+1. The third kappa shape index (κ3) is 2.47. The van der Waals surface area contributed by atoms with Gasteiger partial charge in [0.05, 0.1) is 11.3 Å². The Kier molecular flexibility index (Phi) is 3.13. The Balaban J connectivity index is 2.25. The van der Waals surface area contributed by atoms with Crippen LogP contribution in [0.15, 0.2) is 48.5 Å². The van der Waals surface area contributed by atoms with E-state index in [0.29, 0.717) is 11.3 Å². The molecule has 0 radical (unpaired) electrons. The molecule has 0 aliphatic rings. The molecule has 4 nitrogen and oxygen atoms in total. The normalized spacial score (nSPS) is 9.35. The summed E-state index contributed by atoms with van der Waals surface area (Å²) >= 11 is 0. The van der Waals surface area contributed by atoms with Crippen LogP contribution in [-0.4, -0.2) is 0 Å². The summed E-state index contributed by atoms with van der Waals surface area (Å²) in [6.07, 6.45) is 0. The first-order valence-corrected chi connectivity index (χ1v) is 5.08. The summed E-state index contributed by atoms with van der Waals surface area (Å²) in [6.45, 7) is 0. The number of nitroso groups, excluding NO2 is 1. The number of nitrogens with one attached hydrogen (secondary N) is 2. The van der Waals surface area contributed by atoms with Gasteiger partial charge in [-0.1, -0.05) is 12.1 Å². The first-order chi connectivity index (χ1) is 8.33. The molecule has 0 fully saturated rings. The number of anilines is 2. The zero-order chi connectivity index (χ0) is 12.1. The Morgan fingerprint density at radius 2 is 1.76 bits per heavy atom. The van der Waals surface area contributed by atoms with Crippen molar-refractivity contribution in [1.82, 2.24) is 0 Å². The number of para-hydroxylation sites is 1. The van der Waals surface area contributed by atoms with Crippen LogP contribution in [0.4, 0.5) is 17.1 Å². The highest BCUT2D eigenvalue weighted by Crippen LogP contribution is 2.20. The molecule has 2 aromatic rings. The lowest BCUT2D eigenvalue weighted by Gasteiger charge is -2.06. The molecular formula is C13H10N3O+. The van der Waals surface area contributed by atoms with Crippen LogP contribution in [0.1, 0.15) is 5.56 Å². The number of hydrogen-bond donors (Lipinski definition) is 2. The van der Waals surface area contributed by atoms with E-state index in [2.05, 4.69) is 11.4 Å². The molecule has 0 unspecified atom stereocenters. The highest BCUT2D eigenvalue weighted by Gasteiger charge is 2.02. The Hall–Kier alpha value is -2.67. The van der Waals surface area contributed by atoms with Crippen molar-refractivity contribution in [3.05, 3.63) is 59.0 Å². The van der Waals surface area contributed by atoms with Crippen molar-refractivity contribution in [3.8, 4) is 6.07 Å². The smallest absolute Gasteiger partial charge is 0.253 e. The van der Waals surface area contributed by atoms with Crippen LogP contribution in [-0.2, 0) is 0 Å². The fourth-order valence-electron chi connectivity index (χ4n) is 1.47. The Morgan fingerprint density at radius 1 is 1.06 bits per heavy atom. The summed E-state index contributed by atoms with van der Waals surface area (Å²) < 4.78 is 0. The maximum Gasteiger partial charge on any atom is 0.253 e. The summed E-state index contributed by atoms with van der Waals surface area (Å²) in [7, 11) is 0. The fourth-order valence-corrected chi connectivity index (χ4v) is 1.47. The average molecular weight is 224 g/mol. The van der Waals surface area contributed by atoms with Crippen molar-refractivity contribution in [2.75, 3.05) is 5.32 Å². The number of nitrogens with zero attached hydrogens (tertiary/aromatic N) is 1. The summed E-state index contributed by atoms with van der Waals surface area (Å²) in [6, 6.07) is 16.2. The number of hydrogen-bond acceptors (Lipinski definition) is 3. The first-order valence-electron chi connectivity index (χ1n) is 5.08. The van der Waals surface area contributed by atoms with Gasteiger partial charge in [0.1, 0.15) is 6.07 Å². The van der Waals surface area contributed by atoms with Gasteiger partial charge < -0.3 is 5.32 Å². The average Bonchev–Trinajstić information content (AvgIpc) is 2.40. The molecule has 0 amide bonds. The third-order valence-corrected chi connectivity index (χ3v) is 2.33. The zero-order valence-electron chi connectivity index (χ0n) is 8.97. The largest absolute Gasteiger partial charge is 0.354 e. The van der Waals surface area contributed by atoms with Crippen LogP contribution in [0.5, 0.6) is 0 Å². The molecule has 0 bridgehead atoms. The molecule has 0 aromatic heterocycles. The quantitative estimate of drug-likeness (QED) is 0.835. The molecule has 4 heteroatoms. The minimum absolute atomic E-state index is 0.504. The molecule has 2 rings (SSSR count). The molecule has 82 valence electrons. The van der Waals surface area contributed by atoms with Crippen LogP contribution in [0.25, 0.3) is 0 Å². The summed E-state index contributed by atoms with van der Waals surface area (Å²) in [5, 5.41) is 13.9. The van der Waals surface area contributed by atoms with Crippen molar-refractivity contribution in [2.24, 2.45) is 0 Å². The predicted molar refractivity (Wildman–Crippen MR) is 64.9 cm³/mol. The highest BCUT2D eigenvalue weighted by molar-refractivity contribution is 5.66. The summed E-state index contributed by atoms with van der Waals surface area (Å²) in [4.78, 5) is 10.4. The molecule has 17 heavy (non-hydrogen) atoms. The number of nitriles is 1. The van der Waals surface area contributed by atoms with Crippen LogP contribution in [0.2, 0.25) is 0 Å². The molecule has 0 saturated carbocycles. The maximum atomic E-state index is 10.4. The van der Waals surface area contributed by atoms with Gasteiger partial charge in [-0.05, 0) is 24.3 Å². The van der Waals surface area contributed by atoms with E-state index in [4.69, 9.17) is 5.26 Å².